The van der Waals surface area contributed by atoms with Crippen LogP contribution < -0.4 is 4.74 Å². The number of rotatable bonds is 8. The molecule has 1 aliphatic rings. The topological polar surface area (TPSA) is 70.1 Å². The van der Waals surface area contributed by atoms with E-state index in [1.807, 2.05) is 56.3 Å². The summed E-state index contributed by atoms with van der Waals surface area (Å²) in [6.07, 6.45) is 1.65. The molecule has 0 aromatic heterocycles. The van der Waals surface area contributed by atoms with Gasteiger partial charge in [0.25, 0.3) is 11.7 Å². The third kappa shape index (κ3) is 4.70. The lowest BCUT2D eigenvalue weighted by Gasteiger charge is -2.26. The number of carbonyl (C=O) groups is 2. The Morgan fingerprint density at radius 1 is 1.19 bits per heavy atom. The molecule has 3 rings (SSSR count). The number of ketones is 1. The molecule has 0 aliphatic carbocycles. The second-order valence-electron chi connectivity index (χ2n) is 7.78. The Morgan fingerprint density at radius 2 is 1.90 bits per heavy atom. The number of aliphatic hydroxyl groups excluding tert-OH is 1. The van der Waals surface area contributed by atoms with Crippen LogP contribution >= 0.6 is 0 Å². The fraction of sp³-hybridized carbons (Fsp3) is 0.280. The highest BCUT2D eigenvalue weighted by molar-refractivity contribution is 6.46. The van der Waals surface area contributed by atoms with Crippen LogP contribution in [0.4, 0.5) is 0 Å². The standard InChI is InChI=1S/C25H28N2O4/c1-5-15-31-19-11-12-20(17(2)16-19)23(28)21-22(18-9-7-6-8-10-18)27(14-13-26(3)4)25(30)24(21)29/h5-12,16,22,28H,1,13-15H2,2-4H3. The zero-order valence-electron chi connectivity index (χ0n) is 18.2. The van der Waals surface area contributed by atoms with E-state index < -0.39 is 17.7 Å². The number of aliphatic hydroxyl groups is 1. The van der Waals surface area contributed by atoms with Crippen LogP contribution in [0.2, 0.25) is 0 Å². The molecule has 1 heterocycles. The fourth-order valence-electron chi connectivity index (χ4n) is 3.69. The van der Waals surface area contributed by atoms with Crippen LogP contribution in [0.1, 0.15) is 22.7 Å². The number of ether oxygens (including phenoxy) is 1. The first-order valence-corrected chi connectivity index (χ1v) is 10.2. The van der Waals surface area contributed by atoms with Gasteiger partial charge in [0, 0.05) is 18.7 Å². The smallest absolute Gasteiger partial charge is 0.295 e. The molecule has 1 saturated heterocycles. The first-order chi connectivity index (χ1) is 14.8. The third-order valence-electron chi connectivity index (χ3n) is 5.26. The maximum absolute atomic E-state index is 13.0. The largest absolute Gasteiger partial charge is 0.507 e. The Balaban J connectivity index is 2.09. The maximum Gasteiger partial charge on any atom is 0.295 e. The molecule has 2 aromatic rings. The van der Waals surface area contributed by atoms with Gasteiger partial charge < -0.3 is 19.6 Å². The van der Waals surface area contributed by atoms with E-state index in [1.54, 1.807) is 29.2 Å². The molecular formula is C25H28N2O4. The molecule has 31 heavy (non-hydrogen) atoms. The van der Waals surface area contributed by atoms with Crippen LogP contribution in [0, 0.1) is 6.92 Å². The van der Waals surface area contributed by atoms with E-state index in [-0.39, 0.29) is 11.3 Å². The van der Waals surface area contributed by atoms with Crippen LogP contribution in [0.25, 0.3) is 5.76 Å². The van der Waals surface area contributed by atoms with E-state index in [0.29, 0.717) is 31.0 Å². The Kier molecular flexibility index (Phi) is 6.92. The highest BCUT2D eigenvalue weighted by Gasteiger charge is 2.45. The number of hydrogen-bond acceptors (Lipinski definition) is 5. The van der Waals surface area contributed by atoms with Crippen LogP contribution in [-0.4, -0.2) is 60.4 Å². The molecule has 6 heteroatoms. The number of hydrogen-bond donors (Lipinski definition) is 1. The second-order valence-corrected chi connectivity index (χ2v) is 7.78. The summed E-state index contributed by atoms with van der Waals surface area (Å²) in [4.78, 5) is 29.4. The fourth-order valence-corrected chi connectivity index (χ4v) is 3.69. The van der Waals surface area contributed by atoms with E-state index >= 15 is 0 Å². The highest BCUT2D eigenvalue weighted by Crippen LogP contribution is 2.39. The van der Waals surface area contributed by atoms with Crippen LogP contribution in [0.5, 0.6) is 5.75 Å². The SMILES string of the molecule is C=CCOc1ccc(C(O)=C2C(=O)C(=O)N(CCN(C)C)C2c2ccccc2)c(C)c1. The van der Waals surface area contributed by atoms with Gasteiger partial charge in [0.15, 0.2) is 0 Å². The van der Waals surface area contributed by atoms with Crippen molar-refractivity contribution in [2.75, 3.05) is 33.8 Å². The summed E-state index contributed by atoms with van der Waals surface area (Å²) in [5.41, 5.74) is 2.13. The maximum atomic E-state index is 13.0. The van der Waals surface area contributed by atoms with Crippen molar-refractivity contribution in [3.8, 4) is 5.75 Å². The molecule has 6 nitrogen and oxygen atoms in total. The lowest BCUT2D eigenvalue weighted by Crippen LogP contribution is -2.35. The number of nitrogens with zero attached hydrogens (tertiary/aromatic N) is 2. The Bertz CT molecular complexity index is 1010. The normalized spacial score (nSPS) is 17.9. The highest BCUT2D eigenvalue weighted by atomic mass is 16.5. The molecule has 0 spiro atoms. The Labute approximate surface area is 183 Å². The van der Waals surface area contributed by atoms with E-state index in [9.17, 15) is 14.7 Å². The summed E-state index contributed by atoms with van der Waals surface area (Å²) >= 11 is 0. The van der Waals surface area contributed by atoms with Crippen molar-refractivity contribution in [2.24, 2.45) is 0 Å². The van der Waals surface area contributed by atoms with Crippen molar-refractivity contribution in [2.45, 2.75) is 13.0 Å². The first-order valence-electron chi connectivity index (χ1n) is 10.2. The van der Waals surface area contributed by atoms with Gasteiger partial charge in [0.2, 0.25) is 0 Å². The van der Waals surface area contributed by atoms with Crippen molar-refractivity contribution in [1.82, 2.24) is 9.80 Å². The minimum Gasteiger partial charge on any atom is -0.507 e. The molecule has 0 bridgehead atoms. The van der Waals surface area contributed by atoms with Crippen LogP contribution in [0.15, 0.2) is 66.8 Å². The van der Waals surface area contributed by atoms with Gasteiger partial charge >= 0.3 is 0 Å². The van der Waals surface area contributed by atoms with E-state index in [4.69, 9.17) is 4.74 Å². The van der Waals surface area contributed by atoms with Crippen LogP contribution in [-0.2, 0) is 9.59 Å². The molecule has 162 valence electrons. The third-order valence-corrected chi connectivity index (χ3v) is 5.26. The number of likely N-dealkylation sites (N-methyl/N-ethyl adjacent to an activating group) is 1. The molecule has 0 saturated carbocycles. The van der Waals surface area contributed by atoms with Crippen molar-refractivity contribution in [3.63, 3.8) is 0 Å². The molecule has 2 aromatic carbocycles. The van der Waals surface area contributed by atoms with Gasteiger partial charge in [-0.3, -0.25) is 9.59 Å². The van der Waals surface area contributed by atoms with Gasteiger partial charge in [-0.1, -0.05) is 43.0 Å². The zero-order valence-corrected chi connectivity index (χ0v) is 18.2. The predicted molar refractivity (Wildman–Crippen MR) is 121 cm³/mol. The molecule has 1 N–H and O–H groups in total. The molecule has 1 aliphatic heterocycles. The van der Waals surface area contributed by atoms with Gasteiger partial charge in [0.1, 0.15) is 18.1 Å². The number of benzene rings is 2. The molecule has 1 atom stereocenters. The van der Waals surface area contributed by atoms with E-state index in [1.165, 1.54) is 0 Å². The quantitative estimate of drug-likeness (QED) is 0.306. The van der Waals surface area contributed by atoms with Crippen molar-refractivity contribution < 1.29 is 19.4 Å². The lowest BCUT2D eigenvalue weighted by atomic mass is 9.94. The monoisotopic (exact) mass is 420 g/mol. The molecular weight excluding hydrogens is 392 g/mol. The number of aryl methyl sites for hydroxylation is 1. The minimum atomic E-state index is -0.670. The summed E-state index contributed by atoms with van der Waals surface area (Å²) in [5.74, 6) is -0.801. The lowest BCUT2D eigenvalue weighted by molar-refractivity contribution is -0.140. The van der Waals surface area contributed by atoms with Crippen molar-refractivity contribution in [1.29, 1.82) is 0 Å². The summed E-state index contributed by atoms with van der Waals surface area (Å²) in [6, 6.07) is 13.9. The van der Waals surface area contributed by atoms with Crippen LogP contribution in [0.3, 0.4) is 0 Å². The first kappa shape index (κ1) is 22.3. The van der Waals surface area contributed by atoms with Crippen molar-refractivity contribution in [3.05, 3.63) is 83.4 Å². The second kappa shape index (κ2) is 9.62. The number of carbonyl (C=O) groups excluding carboxylic acids is 2. The molecule has 1 amide bonds. The van der Waals surface area contributed by atoms with E-state index in [0.717, 1.165) is 11.1 Å². The predicted octanol–water partition coefficient (Wildman–Crippen LogP) is 3.54. The molecule has 0 radical (unpaired) electrons. The van der Waals surface area contributed by atoms with Gasteiger partial charge in [-0.2, -0.15) is 0 Å². The average molecular weight is 421 g/mol. The minimum absolute atomic E-state index is 0.109. The zero-order chi connectivity index (χ0) is 22.5. The van der Waals surface area contributed by atoms with Gasteiger partial charge in [0.05, 0.1) is 11.6 Å². The Hall–Kier alpha value is -3.38. The molecule has 1 unspecified atom stereocenters. The van der Waals surface area contributed by atoms with Gasteiger partial charge in [-0.05, 0) is 50.3 Å². The van der Waals surface area contributed by atoms with Gasteiger partial charge in [-0.15, -0.1) is 0 Å². The molecule has 1 fully saturated rings. The summed E-state index contributed by atoms with van der Waals surface area (Å²) in [7, 11) is 3.82. The Morgan fingerprint density at radius 3 is 2.52 bits per heavy atom. The number of amides is 1. The number of Topliss-reactive ketones (excluding diaryl/α,β-unsaturated/α-hetero) is 1. The average Bonchev–Trinajstić information content (AvgIpc) is 3.01. The van der Waals surface area contributed by atoms with E-state index in [2.05, 4.69) is 6.58 Å². The number of likely N-dealkylation sites (tertiary alicyclic amines) is 1. The summed E-state index contributed by atoms with van der Waals surface area (Å²) < 4.78 is 5.55. The summed E-state index contributed by atoms with van der Waals surface area (Å²) in [6.45, 7) is 6.81. The van der Waals surface area contributed by atoms with Crippen molar-refractivity contribution >= 4 is 17.4 Å². The summed E-state index contributed by atoms with van der Waals surface area (Å²) in [5, 5.41) is 11.2. The van der Waals surface area contributed by atoms with Gasteiger partial charge in [-0.25, -0.2) is 0 Å².